The summed E-state index contributed by atoms with van der Waals surface area (Å²) in [5.41, 5.74) is 2.38. The van der Waals surface area contributed by atoms with Crippen molar-refractivity contribution < 1.29 is 9.84 Å². The van der Waals surface area contributed by atoms with Gasteiger partial charge in [-0.3, -0.25) is 0 Å². The molecule has 0 bridgehead atoms. The Morgan fingerprint density at radius 2 is 2.07 bits per heavy atom. The van der Waals surface area contributed by atoms with Gasteiger partial charge >= 0.3 is 0 Å². The van der Waals surface area contributed by atoms with E-state index in [2.05, 4.69) is 26.0 Å². The Kier molecular flexibility index (Phi) is 3.96. The Labute approximate surface area is 85.5 Å². The molecule has 1 N–H and O–H groups in total. The van der Waals surface area contributed by atoms with Gasteiger partial charge in [0.15, 0.2) is 0 Å². The highest BCUT2D eigenvalue weighted by Crippen LogP contribution is 2.27. The standard InChI is InChI=1S/C12H18O2/c1-9(2)11-5-4-10(3)8-12(11)14-7-6-13/h4-5,8-9,13H,6-7H2,1-3H3. The van der Waals surface area contributed by atoms with E-state index >= 15 is 0 Å². The van der Waals surface area contributed by atoms with E-state index in [0.717, 1.165) is 5.75 Å². The average molecular weight is 194 g/mol. The van der Waals surface area contributed by atoms with Crippen LogP contribution in [-0.4, -0.2) is 18.3 Å². The fraction of sp³-hybridized carbons (Fsp3) is 0.500. The van der Waals surface area contributed by atoms with Gasteiger partial charge in [0.2, 0.25) is 0 Å². The van der Waals surface area contributed by atoms with E-state index in [1.54, 1.807) is 0 Å². The third-order valence-corrected chi connectivity index (χ3v) is 2.14. The van der Waals surface area contributed by atoms with Gasteiger partial charge in [-0.15, -0.1) is 0 Å². The minimum absolute atomic E-state index is 0.0610. The van der Waals surface area contributed by atoms with Gasteiger partial charge < -0.3 is 9.84 Å². The predicted octanol–water partition coefficient (Wildman–Crippen LogP) is 2.49. The number of aliphatic hydroxyl groups is 1. The minimum atomic E-state index is 0.0610. The first-order chi connectivity index (χ1) is 6.65. The lowest BCUT2D eigenvalue weighted by molar-refractivity contribution is 0.200. The first-order valence-electron chi connectivity index (χ1n) is 4.99. The highest BCUT2D eigenvalue weighted by Gasteiger charge is 2.07. The molecule has 0 radical (unpaired) electrons. The quantitative estimate of drug-likeness (QED) is 0.798. The summed E-state index contributed by atoms with van der Waals surface area (Å²) in [6.07, 6.45) is 0. The number of ether oxygens (including phenoxy) is 1. The molecule has 0 aliphatic carbocycles. The molecule has 0 aliphatic heterocycles. The molecule has 0 heterocycles. The summed E-state index contributed by atoms with van der Waals surface area (Å²) in [7, 11) is 0. The van der Waals surface area contributed by atoms with Gasteiger partial charge in [0, 0.05) is 0 Å². The van der Waals surface area contributed by atoms with E-state index in [9.17, 15) is 0 Å². The Bertz CT molecular complexity index is 292. The molecule has 14 heavy (non-hydrogen) atoms. The molecule has 0 atom stereocenters. The van der Waals surface area contributed by atoms with Crippen molar-refractivity contribution in [2.24, 2.45) is 0 Å². The molecular formula is C12H18O2. The molecule has 0 unspecified atom stereocenters. The second-order valence-electron chi connectivity index (χ2n) is 3.77. The van der Waals surface area contributed by atoms with Crippen molar-refractivity contribution in [1.29, 1.82) is 0 Å². The van der Waals surface area contributed by atoms with Crippen LogP contribution in [0.5, 0.6) is 5.75 Å². The van der Waals surface area contributed by atoms with Gasteiger partial charge in [-0.25, -0.2) is 0 Å². The Morgan fingerprint density at radius 1 is 1.36 bits per heavy atom. The van der Waals surface area contributed by atoms with Crippen LogP contribution < -0.4 is 4.74 Å². The smallest absolute Gasteiger partial charge is 0.123 e. The zero-order valence-electron chi connectivity index (χ0n) is 9.08. The van der Waals surface area contributed by atoms with E-state index in [0.29, 0.717) is 12.5 Å². The average Bonchev–Trinajstić information content (AvgIpc) is 2.14. The third kappa shape index (κ3) is 2.74. The first kappa shape index (κ1) is 11.1. The van der Waals surface area contributed by atoms with E-state index in [1.807, 2.05) is 13.0 Å². The van der Waals surface area contributed by atoms with Crippen molar-refractivity contribution in [1.82, 2.24) is 0 Å². The topological polar surface area (TPSA) is 29.5 Å². The van der Waals surface area contributed by atoms with Crippen LogP contribution in [0.2, 0.25) is 0 Å². The van der Waals surface area contributed by atoms with E-state index in [1.165, 1.54) is 11.1 Å². The summed E-state index contributed by atoms with van der Waals surface area (Å²) in [6.45, 7) is 6.73. The van der Waals surface area contributed by atoms with Gasteiger partial charge in [-0.1, -0.05) is 26.0 Å². The van der Waals surface area contributed by atoms with Crippen molar-refractivity contribution in [3.63, 3.8) is 0 Å². The fourth-order valence-electron chi connectivity index (χ4n) is 1.40. The van der Waals surface area contributed by atoms with E-state index < -0.39 is 0 Å². The highest BCUT2D eigenvalue weighted by molar-refractivity contribution is 5.39. The molecule has 1 aromatic carbocycles. The monoisotopic (exact) mass is 194 g/mol. The van der Waals surface area contributed by atoms with Crippen molar-refractivity contribution in [3.8, 4) is 5.75 Å². The lowest BCUT2D eigenvalue weighted by atomic mass is 10.0. The molecule has 1 aromatic rings. The van der Waals surface area contributed by atoms with Gasteiger partial charge in [0.1, 0.15) is 12.4 Å². The zero-order chi connectivity index (χ0) is 10.6. The maximum atomic E-state index is 8.70. The molecule has 78 valence electrons. The molecule has 0 fully saturated rings. The lowest BCUT2D eigenvalue weighted by Crippen LogP contribution is -2.04. The number of hydrogen-bond donors (Lipinski definition) is 1. The molecule has 0 saturated heterocycles. The zero-order valence-corrected chi connectivity index (χ0v) is 9.08. The van der Waals surface area contributed by atoms with Gasteiger partial charge in [-0.05, 0) is 30.0 Å². The van der Waals surface area contributed by atoms with Crippen LogP contribution in [-0.2, 0) is 0 Å². The van der Waals surface area contributed by atoms with Gasteiger partial charge in [0.25, 0.3) is 0 Å². The highest BCUT2D eigenvalue weighted by atomic mass is 16.5. The Balaban J connectivity index is 2.91. The number of rotatable bonds is 4. The molecule has 0 spiro atoms. The molecule has 1 rings (SSSR count). The van der Waals surface area contributed by atoms with Crippen LogP contribution in [0.25, 0.3) is 0 Å². The number of benzene rings is 1. The SMILES string of the molecule is Cc1ccc(C(C)C)c(OCCO)c1. The van der Waals surface area contributed by atoms with Crippen molar-refractivity contribution in [2.45, 2.75) is 26.7 Å². The van der Waals surface area contributed by atoms with Crippen LogP contribution in [0, 0.1) is 6.92 Å². The van der Waals surface area contributed by atoms with Gasteiger partial charge in [0.05, 0.1) is 6.61 Å². The summed E-state index contributed by atoms with van der Waals surface area (Å²) in [4.78, 5) is 0. The molecule has 0 aromatic heterocycles. The molecule has 0 saturated carbocycles. The Hall–Kier alpha value is -1.02. The van der Waals surface area contributed by atoms with Crippen molar-refractivity contribution in [3.05, 3.63) is 29.3 Å². The summed E-state index contributed by atoms with van der Waals surface area (Å²) < 4.78 is 5.48. The molecule has 2 heteroatoms. The molecular weight excluding hydrogens is 176 g/mol. The lowest BCUT2D eigenvalue weighted by Gasteiger charge is -2.13. The first-order valence-corrected chi connectivity index (χ1v) is 4.99. The van der Waals surface area contributed by atoms with Crippen molar-refractivity contribution >= 4 is 0 Å². The molecule has 0 aliphatic rings. The second-order valence-corrected chi connectivity index (χ2v) is 3.77. The van der Waals surface area contributed by atoms with Crippen LogP contribution >= 0.6 is 0 Å². The van der Waals surface area contributed by atoms with Crippen LogP contribution in [0.15, 0.2) is 18.2 Å². The summed E-state index contributed by atoms with van der Waals surface area (Å²) in [5.74, 6) is 1.35. The summed E-state index contributed by atoms with van der Waals surface area (Å²) in [5, 5.41) is 8.70. The van der Waals surface area contributed by atoms with Crippen molar-refractivity contribution in [2.75, 3.05) is 13.2 Å². The number of hydrogen-bond acceptors (Lipinski definition) is 2. The second kappa shape index (κ2) is 5.01. The predicted molar refractivity (Wildman–Crippen MR) is 57.8 cm³/mol. The third-order valence-electron chi connectivity index (χ3n) is 2.14. The van der Waals surface area contributed by atoms with E-state index in [4.69, 9.17) is 9.84 Å². The van der Waals surface area contributed by atoms with Crippen LogP contribution in [0.3, 0.4) is 0 Å². The normalized spacial score (nSPS) is 10.6. The van der Waals surface area contributed by atoms with Crippen LogP contribution in [0.4, 0.5) is 0 Å². The Morgan fingerprint density at radius 3 is 2.64 bits per heavy atom. The minimum Gasteiger partial charge on any atom is -0.491 e. The summed E-state index contributed by atoms with van der Waals surface area (Å²) in [6, 6.07) is 6.19. The molecule has 0 amide bonds. The number of aliphatic hydroxyl groups excluding tert-OH is 1. The maximum absolute atomic E-state index is 8.70. The summed E-state index contributed by atoms with van der Waals surface area (Å²) >= 11 is 0. The molecule has 2 nitrogen and oxygen atoms in total. The maximum Gasteiger partial charge on any atom is 0.123 e. The van der Waals surface area contributed by atoms with Gasteiger partial charge in [-0.2, -0.15) is 0 Å². The number of aryl methyl sites for hydroxylation is 1. The largest absolute Gasteiger partial charge is 0.491 e. The van der Waals surface area contributed by atoms with Crippen LogP contribution in [0.1, 0.15) is 30.9 Å². The van der Waals surface area contributed by atoms with E-state index in [-0.39, 0.29) is 6.61 Å². The fourth-order valence-corrected chi connectivity index (χ4v) is 1.40.